The Hall–Kier alpha value is -2.87. The van der Waals surface area contributed by atoms with Gasteiger partial charge in [0.1, 0.15) is 0 Å². The monoisotopic (exact) mass is 300 g/mol. The van der Waals surface area contributed by atoms with Gasteiger partial charge in [-0.1, -0.05) is 66.7 Å². The van der Waals surface area contributed by atoms with E-state index < -0.39 is 5.97 Å². The molecular weight excluding hydrogens is 284 g/mol. The molecule has 0 saturated heterocycles. The van der Waals surface area contributed by atoms with Crippen LogP contribution in [0.1, 0.15) is 16.7 Å². The number of aliphatic carboxylic acids is 1. The van der Waals surface area contributed by atoms with E-state index >= 15 is 0 Å². The van der Waals surface area contributed by atoms with Gasteiger partial charge in [0.25, 0.3) is 0 Å². The molecule has 112 valence electrons. The lowest BCUT2D eigenvalue weighted by Gasteiger charge is -2.09. The van der Waals surface area contributed by atoms with E-state index in [0.717, 1.165) is 17.5 Å². The largest absolute Gasteiger partial charge is 0.481 e. The summed E-state index contributed by atoms with van der Waals surface area (Å²) in [6.45, 7) is 0. The zero-order chi connectivity index (χ0) is 15.8. The van der Waals surface area contributed by atoms with Gasteiger partial charge in [-0.2, -0.15) is 0 Å². The van der Waals surface area contributed by atoms with Crippen molar-refractivity contribution in [3.63, 3.8) is 0 Å². The van der Waals surface area contributed by atoms with Crippen molar-refractivity contribution in [2.75, 3.05) is 0 Å². The molecule has 3 aromatic rings. The van der Waals surface area contributed by atoms with Crippen molar-refractivity contribution in [1.82, 2.24) is 0 Å². The van der Waals surface area contributed by atoms with Gasteiger partial charge in [0.2, 0.25) is 0 Å². The molecule has 0 spiro atoms. The lowest BCUT2D eigenvalue weighted by molar-refractivity contribution is -0.136. The summed E-state index contributed by atoms with van der Waals surface area (Å²) in [5.74, 6) is -0.797. The number of benzene rings is 3. The predicted octanol–water partition coefficient (Wildman–Crippen LogP) is 4.55. The van der Waals surface area contributed by atoms with Crippen LogP contribution in [0.5, 0.6) is 0 Å². The molecule has 0 bridgehead atoms. The van der Waals surface area contributed by atoms with Crippen LogP contribution in [0.2, 0.25) is 0 Å². The van der Waals surface area contributed by atoms with Crippen LogP contribution in [0.15, 0.2) is 66.7 Å². The fourth-order valence-electron chi connectivity index (χ4n) is 3.40. The number of fused-ring (bicyclic) bond motifs is 3. The number of hydrogen-bond acceptors (Lipinski definition) is 1. The summed E-state index contributed by atoms with van der Waals surface area (Å²) in [5.41, 5.74) is 8.58. The second-order valence-electron chi connectivity index (χ2n) is 5.93. The number of carbonyl (C=O) groups is 1. The molecule has 4 rings (SSSR count). The Morgan fingerprint density at radius 2 is 1.52 bits per heavy atom. The molecule has 0 aromatic heterocycles. The smallest absolute Gasteiger partial charge is 0.307 e. The van der Waals surface area contributed by atoms with Crippen LogP contribution >= 0.6 is 0 Å². The lowest BCUT2D eigenvalue weighted by atomic mass is 9.95. The summed E-state index contributed by atoms with van der Waals surface area (Å²) in [4.78, 5) is 10.8. The highest BCUT2D eigenvalue weighted by Gasteiger charge is 2.20. The van der Waals surface area contributed by atoms with Crippen molar-refractivity contribution < 1.29 is 9.90 Å². The van der Waals surface area contributed by atoms with E-state index in [4.69, 9.17) is 5.11 Å². The number of rotatable bonds is 3. The summed E-state index contributed by atoms with van der Waals surface area (Å²) < 4.78 is 0. The quantitative estimate of drug-likeness (QED) is 0.602. The van der Waals surface area contributed by atoms with Gasteiger partial charge < -0.3 is 5.11 Å². The maximum absolute atomic E-state index is 10.8. The fraction of sp³-hybridized carbons (Fsp3) is 0.0952. The molecule has 2 heteroatoms. The Bertz CT molecular complexity index is 892. The highest BCUT2D eigenvalue weighted by molar-refractivity contribution is 5.84. The zero-order valence-electron chi connectivity index (χ0n) is 12.6. The average molecular weight is 300 g/mol. The van der Waals surface area contributed by atoms with Crippen LogP contribution in [-0.4, -0.2) is 11.1 Å². The zero-order valence-corrected chi connectivity index (χ0v) is 12.6. The molecular formula is C21H16O2. The molecule has 2 nitrogen and oxygen atoms in total. The minimum Gasteiger partial charge on any atom is -0.481 e. The summed E-state index contributed by atoms with van der Waals surface area (Å²) in [5, 5.41) is 8.88. The van der Waals surface area contributed by atoms with E-state index in [-0.39, 0.29) is 6.42 Å². The van der Waals surface area contributed by atoms with Crippen LogP contribution < -0.4 is 0 Å². The molecule has 3 aromatic carbocycles. The maximum atomic E-state index is 10.8. The number of hydrogen-bond donors (Lipinski definition) is 1. The van der Waals surface area contributed by atoms with Crippen LogP contribution in [0.3, 0.4) is 0 Å². The third-order valence-electron chi connectivity index (χ3n) is 4.47. The molecule has 0 radical (unpaired) electrons. The van der Waals surface area contributed by atoms with Crippen molar-refractivity contribution in [2.24, 2.45) is 0 Å². The van der Waals surface area contributed by atoms with Gasteiger partial charge in [-0.05, 0) is 45.4 Å². The molecule has 0 unspecified atom stereocenters. The van der Waals surface area contributed by atoms with Gasteiger partial charge in [-0.25, -0.2) is 0 Å². The third kappa shape index (κ3) is 2.42. The number of carboxylic acid groups (broad SMARTS) is 1. The molecule has 1 aliphatic carbocycles. The first-order valence-corrected chi connectivity index (χ1v) is 7.73. The van der Waals surface area contributed by atoms with E-state index in [1.54, 1.807) is 0 Å². The first-order chi connectivity index (χ1) is 11.2. The van der Waals surface area contributed by atoms with Gasteiger partial charge in [0.15, 0.2) is 0 Å². The standard InChI is InChI=1S/C21H16O2/c22-21(23)12-14-8-10-15(11-9-14)17-6-3-7-19-18-5-2-1-4-16(18)13-20(17)19/h1-11H,12-13H2,(H,22,23). The minimum absolute atomic E-state index is 0.0681. The van der Waals surface area contributed by atoms with Crippen molar-refractivity contribution in [3.8, 4) is 22.3 Å². The summed E-state index contributed by atoms with van der Waals surface area (Å²) in [6, 6.07) is 22.8. The second-order valence-corrected chi connectivity index (χ2v) is 5.93. The van der Waals surface area contributed by atoms with E-state index in [1.165, 1.54) is 27.8 Å². The molecule has 0 aliphatic heterocycles. The summed E-state index contributed by atoms with van der Waals surface area (Å²) >= 11 is 0. The van der Waals surface area contributed by atoms with Crippen molar-refractivity contribution in [1.29, 1.82) is 0 Å². The maximum Gasteiger partial charge on any atom is 0.307 e. The van der Waals surface area contributed by atoms with E-state index in [0.29, 0.717) is 0 Å². The molecule has 0 amide bonds. The molecule has 0 saturated carbocycles. The second kappa shape index (κ2) is 5.40. The molecule has 1 aliphatic rings. The van der Waals surface area contributed by atoms with E-state index in [9.17, 15) is 4.79 Å². The van der Waals surface area contributed by atoms with Gasteiger partial charge >= 0.3 is 5.97 Å². The molecule has 0 fully saturated rings. The molecule has 0 heterocycles. The first kappa shape index (κ1) is 13.8. The van der Waals surface area contributed by atoms with Gasteiger partial charge in [-0.15, -0.1) is 0 Å². The number of carboxylic acids is 1. The Labute approximate surface area is 135 Å². The van der Waals surface area contributed by atoms with E-state index in [2.05, 4.69) is 42.5 Å². The van der Waals surface area contributed by atoms with Crippen LogP contribution in [0, 0.1) is 0 Å². The third-order valence-corrected chi connectivity index (χ3v) is 4.47. The summed E-state index contributed by atoms with van der Waals surface area (Å²) in [6.07, 6.45) is 1.02. The van der Waals surface area contributed by atoms with Crippen molar-refractivity contribution >= 4 is 5.97 Å². The predicted molar refractivity (Wildman–Crippen MR) is 91.5 cm³/mol. The van der Waals surface area contributed by atoms with Gasteiger partial charge in [0.05, 0.1) is 6.42 Å². The molecule has 0 atom stereocenters. The highest BCUT2D eigenvalue weighted by Crippen LogP contribution is 2.41. The molecule has 1 N–H and O–H groups in total. The normalized spacial score (nSPS) is 11.8. The minimum atomic E-state index is -0.797. The van der Waals surface area contributed by atoms with Crippen molar-refractivity contribution in [3.05, 3.63) is 83.4 Å². The molecule has 23 heavy (non-hydrogen) atoms. The van der Waals surface area contributed by atoms with Gasteiger partial charge in [0, 0.05) is 0 Å². The summed E-state index contributed by atoms with van der Waals surface area (Å²) in [7, 11) is 0. The van der Waals surface area contributed by atoms with E-state index in [1.807, 2.05) is 24.3 Å². The van der Waals surface area contributed by atoms with Crippen LogP contribution in [0.4, 0.5) is 0 Å². The fourth-order valence-corrected chi connectivity index (χ4v) is 3.40. The van der Waals surface area contributed by atoms with Gasteiger partial charge in [-0.3, -0.25) is 4.79 Å². The SMILES string of the molecule is O=C(O)Cc1ccc(-c2cccc3c2Cc2ccccc2-3)cc1. The Morgan fingerprint density at radius 3 is 2.30 bits per heavy atom. The van der Waals surface area contributed by atoms with Crippen LogP contribution in [-0.2, 0) is 17.6 Å². The topological polar surface area (TPSA) is 37.3 Å². The average Bonchev–Trinajstić information content (AvgIpc) is 2.94. The Kier molecular flexibility index (Phi) is 3.23. The lowest BCUT2D eigenvalue weighted by Crippen LogP contribution is -1.99. The Morgan fingerprint density at radius 1 is 0.826 bits per heavy atom. The first-order valence-electron chi connectivity index (χ1n) is 7.73. The Balaban J connectivity index is 1.76. The van der Waals surface area contributed by atoms with Crippen molar-refractivity contribution in [2.45, 2.75) is 12.8 Å². The van der Waals surface area contributed by atoms with Crippen LogP contribution in [0.25, 0.3) is 22.3 Å². The highest BCUT2D eigenvalue weighted by atomic mass is 16.4.